The molecule has 4 nitrogen and oxygen atoms in total. The molecule has 0 aliphatic heterocycles. The minimum absolute atomic E-state index is 0.450. The van der Waals surface area contributed by atoms with Gasteiger partial charge in [0.05, 0.1) is 4.92 Å². The maximum atomic E-state index is 10.3. The molecule has 0 unspecified atom stereocenters. The minimum atomic E-state index is -0.450. The molecule has 82 valence electrons. The van der Waals surface area contributed by atoms with Crippen LogP contribution in [0.2, 0.25) is 0 Å². The molecule has 4 heteroatoms. The first kappa shape index (κ1) is 10.4. The van der Waals surface area contributed by atoms with Crippen molar-refractivity contribution < 1.29 is 4.92 Å². The third kappa shape index (κ3) is 1.82. The van der Waals surface area contributed by atoms with Gasteiger partial charge in [0, 0.05) is 35.8 Å². The molecule has 0 saturated heterocycles. The van der Waals surface area contributed by atoms with Crippen molar-refractivity contribution in [1.29, 1.82) is 0 Å². The van der Waals surface area contributed by atoms with Gasteiger partial charge in [-0.05, 0) is 19.1 Å². The van der Waals surface area contributed by atoms with E-state index < -0.39 is 4.92 Å². The van der Waals surface area contributed by atoms with Gasteiger partial charge in [0.15, 0.2) is 0 Å². The van der Waals surface area contributed by atoms with E-state index in [2.05, 4.69) is 0 Å². The van der Waals surface area contributed by atoms with E-state index in [0.717, 1.165) is 28.2 Å². The van der Waals surface area contributed by atoms with E-state index in [1.54, 1.807) is 0 Å². The van der Waals surface area contributed by atoms with Crippen LogP contribution in [0.15, 0.2) is 30.6 Å². The maximum Gasteiger partial charge on any atom is 0.235 e. The number of rotatable bonds is 2. The van der Waals surface area contributed by atoms with E-state index in [1.165, 1.54) is 6.08 Å². The molecule has 0 amide bonds. The van der Waals surface area contributed by atoms with Crippen LogP contribution in [-0.2, 0) is 7.05 Å². The van der Waals surface area contributed by atoms with Gasteiger partial charge in [0.25, 0.3) is 0 Å². The summed E-state index contributed by atoms with van der Waals surface area (Å²) in [7, 11) is 1.93. The molecule has 0 fully saturated rings. The standard InChI is InChI=1S/C12H12N2O2/c1-9-3-4-12-11(7-9)10(8-13(12)2)5-6-14(15)16/h3-8H,1-2H3/b6-5+. The third-order valence-electron chi connectivity index (χ3n) is 2.55. The van der Waals surface area contributed by atoms with E-state index in [4.69, 9.17) is 0 Å². The quantitative estimate of drug-likeness (QED) is 0.572. The zero-order valence-corrected chi connectivity index (χ0v) is 9.18. The summed E-state index contributed by atoms with van der Waals surface area (Å²) in [6.45, 7) is 2.01. The maximum absolute atomic E-state index is 10.3. The molecule has 0 spiro atoms. The van der Waals surface area contributed by atoms with Crippen LogP contribution >= 0.6 is 0 Å². The van der Waals surface area contributed by atoms with Gasteiger partial charge in [-0.1, -0.05) is 11.6 Å². The lowest BCUT2D eigenvalue weighted by molar-refractivity contribution is -0.400. The Bertz CT molecular complexity index is 582. The Morgan fingerprint density at radius 1 is 1.44 bits per heavy atom. The summed E-state index contributed by atoms with van der Waals surface area (Å²) >= 11 is 0. The van der Waals surface area contributed by atoms with Crippen molar-refractivity contribution in [3.05, 3.63) is 51.8 Å². The molecule has 2 rings (SSSR count). The monoisotopic (exact) mass is 216 g/mol. The second kappa shape index (κ2) is 3.81. The predicted molar refractivity (Wildman–Crippen MR) is 63.7 cm³/mol. The van der Waals surface area contributed by atoms with Crippen molar-refractivity contribution in [2.24, 2.45) is 7.05 Å². The molecule has 0 aliphatic carbocycles. The molecule has 16 heavy (non-hydrogen) atoms. The van der Waals surface area contributed by atoms with Crippen molar-refractivity contribution in [3.63, 3.8) is 0 Å². The molecular weight excluding hydrogens is 204 g/mol. The lowest BCUT2D eigenvalue weighted by Crippen LogP contribution is -1.82. The minimum Gasteiger partial charge on any atom is -0.350 e. The Kier molecular flexibility index (Phi) is 2.48. The highest BCUT2D eigenvalue weighted by Gasteiger charge is 2.04. The van der Waals surface area contributed by atoms with Crippen molar-refractivity contribution >= 4 is 17.0 Å². The molecule has 0 atom stereocenters. The van der Waals surface area contributed by atoms with Crippen LogP contribution in [0.4, 0.5) is 0 Å². The molecule has 1 aromatic carbocycles. The average Bonchev–Trinajstić information content (AvgIpc) is 2.52. The number of nitro groups is 1. The topological polar surface area (TPSA) is 48.1 Å². The summed E-state index contributed by atoms with van der Waals surface area (Å²) in [5.41, 5.74) is 3.10. The lowest BCUT2D eigenvalue weighted by atomic mass is 10.1. The third-order valence-corrected chi connectivity index (χ3v) is 2.55. The van der Waals surface area contributed by atoms with Gasteiger partial charge in [-0.3, -0.25) is 10.1 Å². The zero-order valence-electron chi connectivity index (χ0n) is 9.18. The molecule has 0 N–H and O–H groups in total. The van der Waals surface area contributed by atoms with Crippen LogP contribution in [-0.4, -0.2) is 9.49 Å². The van der Waals surface area contributed by atoms with Gasteiger partial charge in [-0.2, -0.15) is 0 Å². The number of nitrogens with zero attached hydrogens (tertiary/aromatic N) is 2. The van der Waals surface area contributed by atoms with Crippen LogP contribution < -0.4 is 0 Å². The van der Waals surface area contributed by atoms with Crippen LogP contribution in [0.1, 0.15) is 11.1 Å². The Morgan fingerprint density at radius 3 is 2.88 bits per heavy atom. The SMILES string of the molecule is Cc1ccc2c(c1)c(/C=C/[N+](=O)[O-])cn2C. The molecule has 1 heterocycles. The van der Waals surface area contributed by atoms with Crippen LogP contribution in [0, 0.1) is 17.0 Å². The molecular formula is C12H12N2O2. The van der Waals surface area contributed by atoms with Crippen LogP contribution in [0.5, 0.6) is 0 Å². The van der Waals surface area contributed by atoms with Gasteiger partial charge in [0.2, 0.25) is 6.20 Å². The molecule has 0 saturated carbocycles. The van der Waals surface area contributed by atoms with E-state index in [9.17, 15) is 10.1 Å². The fraction of sp³-hybridized carbons (Fsp3) is 0.167. The number of aryl methyl sites for hydroxylation is 2. The summed E-state index contributed by atoms with van der Waals surface area (Å²) < 4.78 is 1.97. The Labute approximate surface area is 93.0 Å². The normalized spacial score (nSPS) is 11.4. The zero-order chi connectivity index (χ0) is 11.7. The highest BCUT2D eigenvalue weighted by Crippen LogP contribution is 2.22. The van der Waals surface area contributed by atoms with Gasteiger partial charge in [0.1, 0.15) is 0 Å². The Balaban J connectivity index is 2.61. The molecule has 0 radical (unpaired) electrons. The number of hydrogen-bond donors (Lipinski definition) is 0. The largest absolute Gasteiger partial charge is 0.350 e. The average molecular weight is 216 g/mol. The summed E-state index contributed by atoms with van der Waals surface area (Å²) in [4.78, 5) is 9.84. The second-order valence-electron chi connectivity index (χ2n) is 3.82. The van der Waals surface area contributed by atoms with Gasteiger partial charge >= 0.3 is 0 Å². The number of hydrogen-bond acceptors (Lipinski definition) is 2. The summed E-state index contributed by atoms with van der Waals surface area (Å²) in [5, 5.41) is 11.3. The van der Waals surface area contributed by atoms with E-state index in [1.807, 2.05) is 42.9 Å². The summed E-state index contributed by atoms with van der Waals surface area (Å²) in [6, 6.07) is 6.09. The number of benzene rings is 1. The first-order valence-electron chi connectivity index (χ1n) is 4.95. The predicted octanol–water partition coefficient (Wildman–Crippen LogP) is 2.73. The van der Waals surface area contributed by atoms with Crippen molar-refractivity contribution in [2.75, 3.05) is 0 Å². The van der Waals surface area contributed by atoms with Gasteiger partial charge < -0.3 is 4.57 Å². The summed E-state index contributed by atoms with van der Waals surface area (Å²) in [5.74, 6) is 0. The molecule has 2 aromatic rings. The molecule has 1 aromatic heterocycles. The highest BCUT2D eigenvalue weighted by molar-refractivity contribution is 5.89. The number of fused-ring (bicyclic) bond motifs is 1. The van der Waals surface area contributed by atoms with Crippen molar-refractivity contribution in [1.82, 2.24) is 4.57 Å². The lowest BCUT2D eigenvalue weighted by Gasteiger charge is -1.96. The molecule has 0 aliphatic rings. The van der Waals surface area contributed by atoms with Gasteiger partial charge in [-0.25, -0.2) is 0 Å². The Morgan fingerprint density at radius 2 is 2.19 bits per heavy atom. The van der Waals surface area contributed by atoms with Crippen molar-refractivity contribution in [2.45, 2.75) is 6.92 Å². The first-order valence-corrected chi connectivity index (χ1v) is 4.95. The van der Waals surface area contributed by atoms with Crippen LogP contribution in [0.3, 0.4) is 0 Å². The van der Waals surface area contributed by atoms with Crippen molar-refractivity contribution in [3.8, 4) is 0 Å². The second-order valence-corrected chi connectivity index (χ2v) is 3.82. The smallest absolute Gasteiger partial charge is 0.235 e. The fourth-order valence-electron chi connectivity index (χ4n) is 1.81. The van der Waals surface area contributed by atoms with Crippen LogP contribution in [0.25, 0.3) is 17.0 Å². The number of aromatic nitrogens is 1. The highest BCUT2D eigenvalue weighted by atomic mass is 16.6. The summed E-state index contributed by atoms with van der Waals surface area (Å²) in [6.07, 6.45) is 4.39. The Hall–Kier alpha value is -2.10. The molecule has 0 bridgehead atoms. The first-order chi connectivity index (χ1) is 7.58. The van der Waals surface area contributed by atoms with E-state index >= 15 is 0 Å². The van der Waals surface area contributed by atoms with Gasteiger partial charge in [-0.15, -0.1) is 0 Å². The van der Waals surface area contributed by atoms with E-state index in [-0.39, 0.29) is 0 Å². The van der Waals surface area contributed by atoms with E-state index in [0.29, 0.717) is 0 Å². The fourth-order valence-corrected chi connectivity index (χ4v) is 1.81.